The van der Waals surface area contributed by atoms with Gasteiger partial charge in [0.05, 0.1) is 0 Å². The van der Waals surface area contributed by atoms with Crippen molar-refractivity contribution in [3.63, 3.8) is 0 Å². The molecule has 1 N–H and O–H groups in total. The molecule has 0 aliphatic heterocycles. The summed E-state index contributed by atoms with van der Waals surface area (Å²) >= 11 is 0. The summed E-state index contributed by atoms with van der Waals surface area (Å²) in [6.45, 7) is 2.22. The maximum absolute atomic E-state index is 13.3. The van der Waals surface area contributed by atoms with Crippen LogP contribution in [0.25, 0.3) is 0 Å². The van der Waals surface area contributed by atoms with E-state index in [1.54, 1.807) is 0 Å². The van der Waals surface area contributed by atoms with E-state index in [9.17, 15) is 17.2 Å². The first kappa shape index (κ1) is 14.1. The second-order valence-electron chi connectivity index (χ2n) is 3.68. The Morgan fingerprint density at radius 3 is 2.59 bits per heavy atom. The molecule has 0 unspecified atom stereocenters. The van der Waals surface area contributed by atoms with Crippen molar-refractivity contribution in [1.82, 2.24) is 4.72 Å². The summed E-state index contributed by atoms with van der Waals surface area (Å²) in [6, 6.07) is 2.36. The first-order valence-electron chi connectivity index (χ1n) is 5.42. The second-order valence-corrected chi connectivity index (χ2v) is 5.42. The lowest BCUT2D eigenvalue weighted by molar-refractivity contribution is 0.543. The molecular formula is C11H15F2NO2S. The van der Waals surface area contributed by atoms with Crippen LogP contribution < -0.4 is 4.72 Å². The minimum Gasteiger partial charge on any atom is -0.211 e. The largest absolute Gasteiger partial charge is 0.243 e. The van der Waals surface area contributed by atoms with Crippen LogP contribution in [0, 0.1) is 11.6 Å². The van der Waals surface area contributed by atoms with E-state index in [0.29, 0.717) is 12.5 Å². The Morgan fingerprint density at radius 1 is 1.24 bits per heavy atom. The van der Waals surface area contributed by atoms with Gasteiger partial charge in [0, 0.05) is 6.54 Å². The summed E-state index contributed by atoms with van der Waals surface area (Å²) in [5.74, 6) is -1.73. The van der Waals surface area contributed by atoms with Crippen LogP contribution >= 0.6 is 0 Å². The Bertz CT molecular complexity index is 474. The fourth-order valence-electron chi connectivity index (χ4n) is 1.34. The minimum atomic E-state index is -3.96. The number of hydrogen-bond donors (Lipinski definition) is 1. The average molecular weight is 263 g/mol. The van der Waals surface area contributed by atoms with Crippen molar-refractivity contribution in [3.8, 4) is 0 Å². The Morgan fingerprint density at radius 2 is 1.94 bits per heavy atom. The molecule has 17 heavy (non-hydrogen) atoms. The highest BCUT2D eigenvalue weighted by Gasteiger charge is 2.18. The maximum Gasteiger partial charge on any atom is 0.243 e. The molecule has 0 atom stereocenters. The Balaban J connectivity index is 2.79. The Kier molecular flexibility index (Phi) is 5.02. The van der Waals surface area contributed by atoms with Gasteiger partial charge in [0.2, 0.25) is 10.0 Å². The third-order valence-electron chi connectivity index (χ3n) is 2.26. The van der Waals surface area contributed by atoms with Crippen LogP contribution in [0.5, 0.6) is 0 Å². The Labute approximate surface area is 99.9 Å². The molecule has 6 heteroatoms. The van der Waals surface area contributed by atoms with E-state index in [2.05, 4.69) is 4.72 Å². The zero-order chi connectivity index (χ0) is 12.9. The summed E-state index contributed by atoms with van der Waals surface area (Å²) in [5.41, 5.74) is 0. The zero-order valence-corrected chi connectivity index (χ0v) is 10.4. The average Bonchev–Trinajstić information content (AvgIpc) is 2.28. The van der Waals surface area contributed by atoms with Gasteiger partial charge in [0.1, 0.15) is 16.5 Å². The van der Waals surface area contributed by atoms with E-state index < -0.39 is 26.6 Å². The summed E-state index contributed by atoms with van der Waals surface area (Å²) in [4.78, 5) is -0.644. The third-order valence-corrected chi connectivity index (χ3v) is 3.73. The van der Waals surface area contributed by atoms with Gasteiger partial charge < -0.3 is 0 Å². The molecule has 0 aliphatic rings. The van der Waals surface area contributed by atoms with Crippen LogP contribution in [0.4, 0.5) is 8.78 Å². The van der Waals surface area contributed by atoms with Crippen molar-refractivity contribution in [1.29, 1.82) is 0 Å². The van der Waals surface area contributed by atoms with Crippen molar-refractivity contribution in [2.24, 2.45) is 0 Å². The van der Waals surface area contributed by atoms with Gasteiger partial charge in [0.25, 0.3) is 0 Å². The van der Waals surface area contributed by atoms with Gasteiger partial charge in [-0.2, -0.15) is 0 Å². The monoisotopic (exact) mass is 263 g/mol. The first-order valence-corrected chi connectivity index (χ1v) is 6.90. The van der Waals surface area contributed by atoms with Crippen molar-refractivity contribution >= 4 is 10.0 Å². The lowest BCUT2D eigenvalue weighted by Crippen LogP contribution is -2.25. The number of rotatable bonds is 6. The third kappa shape index (κ3) is 4.05. The van der Waals surface area contributed by atoms with E-state index >= 15 is 0 Å². The predicted octanol–water partition coefficient (Wildman–Crippen LogP) is 2.43. The molecule has 0 fully saturated rings. The molecule has 0 spiro atoms. The highest BCUT2D eigenvalue weighted by Crippen LogP contribution is 2.15. The van der Waals surface area contributed by atoms with Gasteiger partial charge in [-0.15, -0.1) is 0 Å². The van der Waals surface area contributed by atoms with Crippen LogP contribution in [-0.2, 0) is 10.0 Å². The van der Waals surface area contributed by atoms with Crippen molar-refractivity contribution in [3.05, 3.63) is 29.8 Å². The second kappa shape index (κ2) is 6.07. The van der Waals surface area contributed by atoms with Crippen LogP contribution in [0.2, 0.25) is 0 Å². The van der Waals surface area contributed by atoms with Crippen LogP contribution in [0.15, 0.2) is 23.1 Å². The van der Waals surface area contributed by atoms with Crippen molar-refractivity contribution in [2.45, 2.75) is 31.1 Å². The van der Waals surface area contributed by atoms with Gasteiger partial charge >= 0.3 is 0 Å². The van der Waals surface area contributed by atoms with Gasteiger partial charge in [-0.3, -0.25) is 0 Å². The summed E-state index contributed by atoms with van der Waals surface area (Å²) < 4.78 is 51.7. The maximum atomic E-state index is 13.3. The van der Waals surface area contributed by atoms with Crippen LogP contribution in [0.1, 0.15) is 26.2 Å². The molecule has 0 saturated carbocycles. The Hall–Kier alpha value is -1.01. The number of sulfonamides is 1. The van der Waals surface area contributed by atoms with E-state index in [0.717, 1.165) is 25.0 Å². The molecule has 0 radical (unpaired) electrons. The van der Waals surface area contributed by atoms with E-state index in [-0.39, 0.29) is 6.54 Å². The lowest BCUT2D eigenvalue weighted by Gasteiger charge is -2.07. The molecule has 96 valence electrons. The first-order chi connectivity index (χ1) is 7.97. The predicted molar refractivity (Wildman–Crippen MR) is 61.1 cm³/mol. The lowest BCUT2D eigenvalue weighted by atomic mass is 10.3. The highest BCUT2D eigenvalue weighted by molar-refractivity contribution is 7.89. The van der Waals surface area contributed by atoms with E-state index in [1.807, 2.05) is 6.92 Å². The fourth-order valence-corrected chi connectivity index (χ4v) is 2.50. The molecule has 1 aromatic carbocycles. The number of halogens is 2. The summed E-state index contributed by atoms with van der Waals surface area (Å²) in [6.07, 6.45) is 2.51. The molecule has 1 rings (SSSR count). The fraction of sp³-hybridized carbons (Fsp3) is 0.455. The number of benzene rings is 1. The number of nitrogens with one attached hydrogen (secondary N) is 1. The highest BCUT2D eigenvalue weighted by atomic mass is 32.2. The van der Waals surface area contributed by atoms with Crippen molar-refractivity contribution in [2.75, 3.05) is 6.54 Å². The SMILES string of the molecule is CCCCCNS(=O)(=O)c1cc(F)ccc1F. The number of hydrogen-bond acceptors (Lipinski definition) is 2. The van der Waals surface area contributed by atoms with Crippen LogP contribution in [-0.4, -0.2) is 15.0 Å². The molecule has 0 aliphatic carbocycles. The zero-order valence-electron chi connectivity index (χ0n) is 9.54. The van der Waals surface area contributed by atoms with E-state index in [4.69, 9.17) is 0 Å². The molecule has 3 nitrogen and oxygen atoms in total. The summed E-state index contributed by atoms with van der Waals surface area (Å²) in [5, 5.41) is 0. The normalized spacial score (nSPS) is 11.7. The molecule has 0 saturated heterocycles. The molecule has 1 aromatic rings. The van der Waals surface area contributed by atoms with Crippen LogP contribution in [0.3, 0.4) is 0 Å². The number of unbranched alkanes of at least 4 members (excludes halogenated alkanes) is 2. The van der Waals surface area contributed by atoms with Crippen molar-refractivity contribution < 1.29 is 17.2 Å². The molecular weight excluding hydrogens is 248 g/mol. The smallest absolute Gasteiger partial charge is 0.211 e. The molecule has 0 heterocycles. The van der Waals surface area contributed by atoms with Gasteiger partial charge in [-0.25, -0.2) is 21.9 Å². The minimum absolute atomic E-state index is 0.228. The topological polar surface area (TPSA) is 46.2 Å². The molecule has 0 aromatic heterocycles. The van der Waals surface area contributed by atoms with E-state index in [1.165, 1.54) is 0 Å². The van der Waals surface area contributed by atoms with Gasteiger partial charge in [0.15, 0.2) is 0 Å². The summed E-state index contributed by atoms with van der Waals surface area (Å²) in [7, 11) is -3.96. The van der Waals surface area contributed by atoms with Gasteiger partial charge in [-0.1, -0.05) is 19.8 Å². The molecule has 0 amide bonds. The van der Waals surface area contributed by atoms with Gasteiger partial charge in [-0.05, 0) is 24.6 Å². The quantitative estimate of drug-likeness (QED) is 0.801. The standard InChI is InChI=1S/C11H15F2NO2S/c1-2-3-4-7-14-17(15,16)11-8-9(12)5-6-10(11)13/h5-6,8,14H,2-4,7H2,1H3. The molecule has 0 bridgehead atoms.